The van der Waals surface area contributed by atoms with Crippen LogP contribution < -0.4 is 5.32 Å². The molecule has 0 fully saturated rings. The highest BCUT2D eigenvalue weighted by Gasteiger charge is 2.13. The first-order valence-corrected chi connectivity index (χ1v) is 5.76. The molecule has 3 N–H and O–H groups in total. The smallest absolute Gasteiger partial charge is 0.335 e. The van der Waals surface area contributed by atoms with Gasteiger partial charge in [0, 0.05) is 12.1 Å². The van der Waals surface area contributed by atoms with Gasteiger partial charge in [-0.05, 0) is 24.6 Å². The van der Waals surface area contributed by atoms with Crippen molar-refractivity contribution in [3.63, 3.8) is 0 Å². The van der Waals surface area contributed by atoms with Gasteiger partial charge in [-0.25, -0.2) is 4.79 Å². The highest BCUT2D eigenvalue weighted by molar-refractivity contribution is 5.94. The fourth-order valence-corrected chi connectivity index (χ4v) is 1.42. The van der Waals surface area contributed by atoms with Crippen LogP contribution in [-0.4, -0.2) is 28.1 Å². The van der Waals surface area contributed by atoms with Crippen molar-refractivity contribution in [1.82, 2.24) is 0 Å². The van der Waals surface area contributed by atoms with E-state index >= 15 is 0 Å². The average molecular weight is 265 g/mol. The molecule has 0 aliphatic carbocycles. The van der Waals surface area contributed by atoms with Gasteiger partial charge in [-0.3, -0.25) is 9.59 Å². The molecular formula is C13H15NO5. The normalized spacial score (nSPS) is 11.6. The number of hydrogen-bond donors (Lipinski definition) is 3. The van der Waals surface area contributed by atoms with Crippen LogP contribution in [0.15, 0.2) is 24.3 Å². The minimum atomic E-state index is -1.07. The lowest BCUT2D eigenvalue weighted by Crippen LogP contribution is -2.16. The Hall–Kier alpha value is -2.37. The predicted molar refractivity (Wildman–Crippen MR) is 68.1 cm³/mol. The Kier molecular flexibility index (Phi) is 5.05. The predicted octanol–water partition coefficient (Wildman–Crippen LogP) is 1.82. The molecule has 102 valence electrons. The van der Waals surface area contributed by atoms with Gasteiger partial charge in [-0.15, -0.1) is 0 Å². The topological polar surface area (TPSA) is 104 Å². The minimum Gasteiger partial charge on any atom is -0.481 e. The molecule has 0 saturated heterocycles. The number of anilines is 1. The molecule has 1 amide bonds. The SMILES string of the molecule is C[C@@H](CCC(=O)Nc1cccc(C(=O)O)c1)C(=O)O. The Balaban J connectivity index is 2.55. The zero-order chi connectivity index (χ0) is 14.4. The van der Waals surface area contributed by atoms with E-state index in [2.05, 4.69) is 5.32 Å². The number of nitrogens with one attached hydrogen (secondary N) is 1. The zero-order valence-corrected chi connectivity index (χ0v) is 10.4. The van der Waals surface area contributed by atoms with E-state index in [1.165, 1.54) is 25.1 Å². The third-order valence-electron chi connectivity index (χ3n) is 2.62. The lowest BCUT2D eigenvalue weighted by molar-refractivity contribution is -0.141. The maximum atomic E-state index is 11.6. The lowest BCUT2D eigenvalue weighted by Gasteiger charge is -2.07. The molecule has 0 spiro atoms. The Morgan fingerprint density at radius 2 is 1.95 bits per heavy atom. The molecule has 1 aromatic rings. The zero-order valence-electron chi connectivity index (χ0n) is 10.4. The molecule has 0 heterocycles. The van der Waals surface area contributed by atoms with E-state index in [-0.39, 0.29) is 24.3 Å². The summed E-state index contributed by atoms with van der Waals surface area (Å²) in [5, 5.41) is 20.0. The monoisotopic (exact) mass is 265 g/mol. The molecule has 1 rings (SSSR count). The summed E-state index contributed by atoms with van der Waals surface area (Å²) in [5.41, 5.74) is 0.463. The van der Waals surface area contributed by atoms with Crippen molar-refractivity contribution in [3.05, 3.63) is 29.8 Å². The van der Waals surface area contributed by atoms with E-state index in [0.29, 0.717) is 5.69 Å². The van der Waals surface area contributed by atoms with Gasteiger partial charge < -0.3 is 15.5 Å². The summed E-state index contributed by atoms with van der Waals surface area (Å²) < 4.78 is 0. The molecule has 6 heteroatoms. The quantitative estimate of drug-likeness (QED) is 0.727. The highest BCUT2D eigenvalue weighted by Crippen LogP contribution is 2.12. The van der Waals surface area contributed by atoms with Crippen molar-refractivity contribution in [2.75, 3.05) is 5.32 Å². The number of hydrogen-bond acceptors (Lipinski definition) is 3. The van der Waals surface area contributed by atoms with Crippen molar-refractivity contribution in [1.29, 1.82) is 0 Å². The van der Waals surface area contributed by atoms with Crippen LogP contribution in [0.1, 0.15) is 30.1 Å². The van der Waals surface area contributed by atoms with Gasteiger partial charge in [0.05, 0.1) is 11.5 Å². The number of carboxylic acid groups (broad SMARTS) is 2. The molecular weight excluding hydrogens is 250 g/mol. The molecule has 1 aromatic carbocycles. The number of amides is 1. The molecule has 0 unspecified atom stereocenters. The first-order chi connectivity index (χ1) is 8.90. The minimum absolute atomic E-state index is 0.0742. The summed E-state index contributed by atoms with van der Waals surface area (Å²) in [7, 11) is 0. The van der Waals surface area contributed by atoms with Gasteiger partial charge in [-0.1, -0.05) is 13.0 Å². The molecule has 0 radical (unpaired) electrons. The van der Waals surface area contributed by atoms with Gasteiger partial charge in [0.1, 0.15) is 0 Å². The largest absolute Gasteiger partial charge is 0.481 e. The van der Waals surface area contributed by atoms with Gasteiger partial charge >= 0.3 is 11.9 Å². The van der Waals surface area contributed by atoms with E-state index < -0.39 is 17.9 Å². The van der Waals surface area contributed by atoms with E-state index in [1.54, 1.807) is 6.07 Å². The molecule has 6 nitrogen and oxygen atoms in total. The van der Waals surface area contributed by atoms with E-state index in [9.17, 15) is 14.4 Å². The summed E-state index contributed by atoms with van der Waals surface area (Å²) in [6, 6.07) is 5.87. The van der Waals surface area contributed by atoms with Gasteiger partial charge in [-0.2, -0.15) is 0 Å². The highest BCUT2D eigenvalue weighted by atomic mass is 16.4. The van der Waals surface area contributed by atoms with Gasteiger partial charge in [0.15, 0.2) is 0 Å². The summed E-state index contributed by atoms with van der Waals surface area (Å²) >= 11 is 0. The Labute approximate surface area is 110 Å². The van der Waals surface area contributed by atoms with Crippen molar-refractivity contribution in [2.45, 2.75) is 19.8 Å². The van der Waals surface area contributed by atoms with Gasteiger partial charge in [0.25, 0.3) is 0 Å². The maximum absolute atomic E-state index is 11.6. The van der Waals surface area contributed by atoms with Crippen molar-refractivity contribution < 1.29 is 24.6 Å². The van der Waals surface area contributed by atoms with Crippen LogP contribution >= 0.6 is 0 Å². The number of carboxylic acids is 2. The maximum Gasteiger partial charge on any atom is 0.335 e. The Morgan fingerprint density at radius 3 is 2.53 bits per heavy atom. The molecule has 0 bridgehead atoms. The first-order valence-electron chi connectivity index (χ1n) is 5.76. The van der Waals surface area contributed by atoms with Crippen molar-refractivity contribution >= 4 is 23.5 Å². The van der Waals surface area contributed by atoms with E-state index in [1.807, 2.05) is 0 Å². The van der Waals surface area contributed by atoms with Crippen LogP contribution in [0.3, 0.4) is 0 Å². The van der Waals surface area contributed by atoms with E-state index in [0.717, 1.165) is 0 Å². The fraction of sp³-hybridized carbons (Fsp3) is 0.308. The molecule has 0 aliphatic heterocycles. The van der Waals surface area contributed by atoms with Gasteiger partial charge in [0.2, 0.25) is 5.91 Å². The summed E-state index contributed by atoms with van der Waals surface area (Å²) in [6.45, 7) is 1.53. The van der Waals surface area contributed by atoms with Crippen molar-refractivity contribution in [3.8, 4) is 0 Å². The second-order valence-corrected chi connectivity index (χ2v) is 4.21. The summed E-state index contributed by atoms with van der Waals surface area (Å²) in [6.07, 6.45) is 0.310. The molecule has 0 aliphatic rings. The number of aliphatic carboxylic acids is 1. The number of aromatic carboxylic acids is 1. The van der Waals surface area contributed by atoms with Crippen LogP contribution in [0.5, 0.6) is 0 Å². The van der Waals surface area contributed by atoms with Crippen LogP contribution in [0.2, 0.25) is 0 Å². The third-order valence-corrected chi connectivity index (χ3v) is 2.62. The number of benzene rings is 1. The second kappa shape index (κ2) is 6.53. The van der Waals surface area contributed by atoms with Crippen LogP contribution in [-0.2, 0) is 9.59 Å². The lowest BCUT2D eigenvalue weighted by atomic mass is 10.1. The number of carbonyl (C=O) groups excluding carboxylic acids is 1. The first kappa shape index (κ1) is 14.7. The second-order valence-electron chi connectivity index (χ2n) is 4.21. The molecule has 0 saturated carbocycles. The number of rotatable bonds is 6. The fourth-order valence-electron chi connectivity index (χ4n) is 1.42. The third kappa shape index (κ3) is 4.79. The van der Waals surface area contributed by atoms with Crippen LogP contribution in [0.4, 0.5) is 5.69 Å². The Bertz CT molecular complexity index is 498. The Morgan fingerprint density at radius 1 is 1.26 bits per heavy atom. The average Bonchev–Trinajstić information content (AvgIpc) is 2.36. The van der Waals surface area contributed by atoms with Crippen LogP contribution in [0, 0.1) is 5.92 Å². The molecule has 19 heavy (non-hydrogen) atoms. The number of carbonyl (C=O) groups is 3. The molecule has 1 atom stereocenters. The summed E-state index contributed by atoms with van der Waals surface area (Å²) in [5.74, 6) is -2.94. The molecule has 0 aromatic heterocycles. The van der Waals surface area contributed by atoms with Crippen LogP contribution in [0.25, 0.3) is 0 Å². The van der Waals surface area contributed by atoms with E-state index in [4.69, 9.17) is 10.2 Å². The van der Waals surface area contributed by atoms with Crippen molar-refractivity contribution in [2.24, 2.45) is 5.92 Å². The standard InChI is InChI=1S/C13H15NO5/c1-8(12(16)17)5-6-11(15)14-10-4-2-3-9(7-10)13(18)19/h2-4,7-8H,5-6H2,1H3,(H,14,15)(H,16,17)(H,18,19)/t8-/m0/s1. The summed E-state index contributed by atoms with van der Waals surface area (Å²) in [4.78, 5) is 32.9.